The second kappa shape index (κ2) is 6.67. The Hall–Kier alpha value is -1.30. The Morgan fingerprint density at radius 1 is 1.17 bits per heavy atom. The van der Waals surface area contributed by atoms with Crippen molar-refractivity contribution in [1.29, 1.82) is 0 Å². The van der Waals surface area contributed by atoms with Gasteiger partial charge in [-0.05, 0) is 51.5 Å². The zero-order valence-corrected chi connectivity index (χ0v) is 14.9. The molecule has 1 aromatic carbocycles. The minimum absolute atomic E-state index is 0.322. The number of esters is 1. The first-order valence-electron chi connectivity index (χ1n) is 7.55. The van der Waals surface area contributed by atoms with Crippen LogP contribution in [-0.4, -0.2) is 31.4 Å². The largest absolute Gasteiger partial charge is 0.466 e. The quantitative estimate of drug-likeness (QED) is 0.474. The number of carbonyl (C=O) groups excluding carboxylic acids is 1. The van der Waals surface area contributed by atoms with Crippen LogP contribution in [0.2, 0.25) is 11.3 Å². The molecular formula is C17H22BClO4. The van der Waals surface area contributed by atoms with Crippen LogP contribution in [0.5, 0.6) is 0 Å². The maximum atomic E-state index is 12.1. The van der Waals surface area contributed by atoms with Crippen LogP contribution in [-0.2, 0) is 18.8 Å². The van der Waals surface area contributed by atoms with E-state index >= 15 is 0 Å². The normalized spacial score (nSPS) is 19.7. The van der Waals surface area contributed by atoms with Gasteiger partial charge in [0, 0.05) is 16.9 Å². The highest BCUT2D eigenvalue weighted by Crippen LogP contribution is 2.38. The van der Waals surface area contributed by atoms with E-state index in [0.717, 1.165) is 5.56 Å². The van der Waals surface area contributed by atoms with Crippen LogP contribution in [0.3, 0.4) is 0 Å². The van der Waals surface area contributed by atoms with Crippen molar-refractivity contribution in [1.82, 2.24) is 0 Å². The number of ether oxygens (including phenoxy) is 1. The molecule has 1 aliphatic heterocycles. The Kier molecular flexibility index (Phi) is 5.24. The van der Waals surface area contributed by atoms with Gasteiger partial charge in [0.15, 0.2) is 0 Å². The topological polar surface area (TPSA) is 44.8 Å². The number of methoxy groups -OCH3 is 1. The molecule has 6 heteroatoms. The lowest BCUT2D eigenvalue weighted by Gasteiger charge is -2.32. The van der Waals surface area contributed by atoms with E-state index in [0.29, 0.717) is 16.9 Å². The van der Waals surface area contributed by atoms with E-state index in [1.165, 1.54) is 7.11 Å². The van der Waals surface area contributed by atoms with Crippen LogP contribution in [0.15, 0.2) is 29.8 Å². The van der Waals surface area contributed by atoms with Crippen LogP contribution in [0.25, 0.3) is 6.08 Å². The molecular weight excluding hydrogens is 314 g/mol. The Morgan fingerprint density at radius 3 is 2.17 bits per heavy atom. The van der Waals surface area contributed by atoms with E-state index in [4.69, 9.17) is 25.6 Å². The van der Waals surface area contributed by atoms with Gasteiger partial charge in [-0.1, -0.05) is 23.7 Å². The fourth-order valence-electron chi connectivity index (χ4n) is 2.32. The first-order valence-corrected chi connectivity index (χ1v) is 7.92. The highest BCUT2D eigenvalue weighted by Gasteiger charge is 2.51. The molecule has 0 N–H and O–H groups in total. The van der Waals surface area contributed by atoms with Gasteiger partial charge >= 0.3 is 13.1 Å². The van der Waals surface area contributed by atoms with Crippen molar-refractivity contribution in [3.05, 3.63) is 40.4 Å². The third kappa shape index (κ3) is 4.16. The Balaban J connectivity index is 2.21. The fourth-order valence-corrected chi connectivity index (χ4v) is 2.45. The number of rotatable bonds is 4. The second-order valence-corrected chi connectivity index (χ2v) is 7.04. The molecule has 0 atom stereocenters. The monoisotopic (exact) mass is 336 g/mol. The Morgan fingerprint density at radius 2 is 1.70 bits per heavy atom. The third-order valence-electron chi connectivity index (χ3n) is 4.35. The zero-order chi connectivity index (χ0) is 17.3. The average molecular weight is 337 g/mol. The molecule has 0 bridgehead atoms. The molecule has 0 spiro atoms. The molecule has 124 valence electrons. The van der Waals surface area contributed by atoms with Crippen LogP contribution in [0.1, 0.15) is 33.3 Å². The molecule has 2 rings (SSSR count). The lowest BCUT2D eigenvalue weighted by Crippen LogP contribution is -2.41. The van der Waals surface area contributed by atoms with Gasteiger partial charge < -0.3 is 14.0 Å². The van der Waals surface area contributed by atoms with Crippen LogP contribution >= 0.6 is 11.6 Å². The van der Waals surface area contributed by atoms with Gasteiger partial charge in [-0.3, -0.25) is 0 Å². The van der Waals surface area contributed by atoms with E-state index < -0.39 is 24.3 Å². The lowest BCUT2D eigenvalue weighted by molar-refractivity contribution is -0.135. The number of halogens is 1. The number of benzene rings is 1. The number of hydrogen-bond acceptors (Lipinski definition) is 4. The van der Waals surface area contributed by atoms with Gasteiger partial charge in [0.1, 0.15) is 0 Å². The van der Waals surface area contributed by atoms with Crippen molar-refractivity contribution < 1.29 is 18.8 Å². The summed E-state index contributed by atoms with van der Waals surface area (Å²) < 4.78 is 16.8. The molecule has 4 nitrogen and oxygen atoms in total. The molecule has 1 aromatic rings. The molecule has 1 saturated heterocycles. The summed E-state index contributed by atoms with van der Waals surface area (Å²) in [5, 5.41) is 0.646. The first kappa shape index (κ1) is 18.0. The number of carbonyl (C=O) groups is 1. The third-order valence-corrected chi connectivity index (χ3v) is 4.60. The van der Waals surface area contributed by atoms with Crippen LogP contribution in [0.4, 0.5) is 0 Å². The van der Waals surface area contributed by atoms with Gasteiger partial charge in [0.2, 0.25) is 0 Å². The summed E-state index contributed by atoms with van der Waals surface area (Å²) in [6, 6.07) is 7.24. The van der Waals surface area contributed by atoms with E-state index in [2.05, 4.69) is 0 Å². The van der Waals surface area contributed by atoms with Gasteiger partial charge in [-0.25, -0.2) is 4.79 Å². The molecule has 0 amide bonds. The molecule has 1 aliphatic rings. The second-order valence-electron chi connectivity index (χ2n) is 6.60. The summed E-state index contributed by atoms with van der Waals surface area (Å²) in [6.07, 6.45) is 2.09. The highest BCUT2D eigenvalue weighted by molar-refractivity contribution is 6.47. The zero-order valence-electron chi connectivity index (χ0n) is 14.2. The van der Waals surface area contributed by atoms with Crippen molar-refractivity contribution in [3.8, 4) is 0 Å². The molecule has 0 aromatic heterocycles. The summed E-state index contributed by atoms with van der Waals surface area (Å²) >= 11 is 5.89. The smallest absolute Gasteiger partial charge is 0.462 e. The van der Waals surface area contributed by atoms with Crippen molar-refractivity contribution in [2.45, 2.75) is 45.2 Å². The summed E-state index contributed by atoms with van der Waals surface area (Å²) in [5.74, 6) is -0.394. The van der Waals surface area contributed by atoms with Gasteiger partial charge in [-0.15, -0.1) is 0 Å². The predicted octanol–water partition coefficient (Wildman–Crippen LogP) is 3.99. The maximum absolute atomic E-state index is 12.1. The predicted molar refractivity (Wildman–Crippen MR) is 92.3 cm³/mol. The summed E-state index contributed by atoms with van der Waals surface area (Å²) in [4.78, 5) is 12.1. The van der Waals surface area contributed by atoms with Gasteiger partial charge in [0.05, 0.1) is 18.3 Å². The molecule has 0 radical (unpaired) electrons. The Labute approximate surface area is 142 Å². The molecule has 0 saturated carbocycles. The summed E-state index contributed by atoms with van der Waals surface area (Å²) in [7, 11) is 0.875. The van der Waals surface area contributed by atoms with Crippen LogP contribution in [0, 0.1) is 0 Å². The van der Waals surface area contributed by atoms with Crippen molar-refractivity contribution in [3.63, 3.8) is 0 Å². The Bertz CT molecular complexity index is 592. The van der Waals surface area contributed by atoms with Crippen molar-refractivity contribution in [2.75, 3.05) is 7.11 Å². The lowest BCUT2D eigenvalue weighted by atomic mass is 9.80. The van der Waals surface area contributed by atoms with E-state index in [-0.39, 0.29) is 0 Å². The summed E-state index contributed by atoms with van der Waals surface area (Å²) in [6.45, 7) is 7.92. The van der Waals surface area contributed by atoms with Crippen LogP contribution < -0.4 is 0 Å². The molecule has 0 aliphatic carbocycles. The van der Waals surface area contributed by atoms with E-state index in [1.807, 2.05) is 39.8 Å². The average Bonchev–Trinajstić information content (AvgIpc) is 2.67. The van der Waals surface area contributed by atoms with E-state index in [1.54, 1.807) is 18.2 Å². The van der Waals surface area contributed by atoms with Gasteiger partial charge in [-0.2, -0.15) is 0 Å². The highest BCUT2D eigenvalue weighted by atomic mass is 35.5. The standard InChI is InChI=1S/C17H22BClO4/c1-16(2)17(3,4)23-18(22-16)11-13(15(20)21-5)10-12-6-8-14(19)9-7-12/h6-10H,11H2,1-5H3/b13-10+. The first-order chi connectivity index (χ1) is 10.6. The fraction of sp³-hybridized carbons (Fsp3) is 0.471. The van der Waals surface area contributed by atoms with Gasteiger partial charge in [0.25, 0.3) is 0 Å². The molecule has 0 unspecified atom stereocenters. The minimum Gasteiger partial charge on any atom is -0.466 e. The molecule has 23 heavy (non-hydrogen) atoms. The number of hydrogen-bond donors (Lipinski definition) is 0. The minimum atomic E-state index is -0.488. The van der Waals surface area contributed by atoms with Crippen molar-refractivity contribution >= 4 is 30.8 Å². The van der Waals surface area contributed by atoms with Crippen molar-refractivity contribution in [2.24, 2.45) is 0 Å². The maximum Gasteiger partial charge on any atom is 0.462 e. The SMILES string of the molecule is COC(=O)/C(=C/c1ccc(Cl)cc1)CB1OC(C)(C)C(C)(C)O1. The molecule has 1 fully saturated rings. The summed E-state index contributed by atoms with van der Waals surface area (Å²) in [5.41, 5.74) is 0.498. The van der Waals surface area contributed by atoms with E-state index in [9.17, 15) is 4.79 Å². The molecule has 1 heterocycles.